The van der Waals surface area contributed by atoms with Crippen LogP contribution in [0.15, 0.2) is 30.3 Å². The molecule has 0 bridgehead atoms. The molecule has 1 aromatic rings. The molecule has 1 saturated carbocycles. The van der Waals surface area contributed by atoms with Gasteiger partial charge in [-0.25, -0.2) is 0 Å². The fourth-order valence-corrected chi connectivity index (χ4v) is 3.93. The summed E-state index contributed by atoms with van der Waals surface area (Å²) in [5.74, 6) is 0.877. The Kier molecular flexibility index (Phi) is 5.65. The van der Waals surface area contributed by atoms with Crippen molar-refractivity contribution in [2.24, 2.45) is 5.92 Å². The van der Waals surface area contributed by atoms with Crippen molar-refractivity contribution in [1.82, 2.24) is 5.32 Å². The lowest BCUT2D eigenvalue weighted by Gasteiger charge is -2.48. The molecule has 1 heteroatoms. The van der Waals surface area contributed by atoms with Crippen LogP contribution in [0.1, 0.15) is 64.9 Å². The second-order valence-electron chi connectivity index (χ2n) is 6.35. The van der Waals surface area contributed by atoms with Gasteiger partial charge < -0.3 is 5.32 Å². The van der Waals surface area contributed by atoms with E-state index in [2.05, 4.69) is 56.4 Å². The number of benzene rings is 1. The first-order chi connectivity index (χ1) is 9.78. The lowest BCUT2D eigenvalue weighted by molar-refractivity contribution is 0.138. The third-order valence-electron chi connectivity index (χ3n) is 5.44. The van der Waals surface area contributed by atoms with Gasteiger partial charge in [0.25, 0.3) is 0 Å². The second kappa shape index (κ2) is 7.26. The summed E-state index contributed by atoms with van der Waals surface area (Å²) in [5.41, 5.74) is 1.84. The predicted octanol–water partition coefficient (Wildman–Crippen LogP) is 4.91. The minimum Gasteiger partial charge on any atom is -0.313 e. The summed E-state index contributed by atoms with van der Waals surface area (Å²) in [6, 6.07) is 11.9. The van der Waals surface area contributed by atoms with Gasteiger partial charge in [-0.15, -0.1) is 0 Å². The van der Waals surface area contributed by atoms with Crippen LogP contribution in [-0.2, 0) is 5.41 Å². The van der Waals surface area contributed by atoms with Gasteiger partial charge in [0.15, 0.2) is 0 Å². The fourth-order valence-electron chi connectivity index (χ4n) is 3.93. The first kappa shape index (κ1) is 15.6. The fraction of sp³-hybridized carbons (Fsp3) is 0.684. The van der Waals surface area contributed by atoms with E-state index in [-0.39, 0.29) is 0 Å². The third kappa shape index (κ3) is 2.93. The molecule has 112 valence electrons. The highest BCUT2D eigenvalue weighted by Crippen LogP contribution is 2.43. The first-order valence-corrected chi connectivity index (χ1v) is 8.57. The molecule has 0 aromatic heterocycles. The van der Waals surface area contributed by atoms with Crippen molar-refractivity contribution in [3.8, 4) is 0 Å². The molecule has 0 amide bonds. The van der Waals surface area contributed by atoms with Crippen molar-refractivity contribution in [3.05, 3.63) is 35.9 Å². The molecule has 1 N–H and O–H groups in total. The highest BCUT2D eigenvalue weighted by atomic mass is 14.9. The van der Waals surface area contributed by atoms with Crippen LogP contribution in [0.5, 0.6) is 0 Å². The van der Waals surface area contributed by atoms with Crippen molar-refractivity contribution in [2.45, 2.75) is 70.8 Å². The molecule has 2 rings (SSSR count). The molecule has 0 saturated heterocycles. The minimum atomic E-state index is 0.307. The van der Waals surface area contributed by atoms with E-state index in [0.717, 1.165) is 12.5 Å². The molecule has 1 nitrogen and oxygen atoms in total. The molecule has 1 unspecified atom stereocenters. The van der Waals surface area contributed by atoms with E-state index in [9.17, 15) is 0 Å². The van der Waals surface area contributed by atoms with Gasteiger partial charge in [-0.1, -0.05) is 57.5 Å². The zero-order valence-electron chi connectivity index (χ0n) is 13.5. The van der Waals surface area contributed by atoms with Crippen LogP contribution in [0.2, 0.25) is 0 Å². The van der Waals surface area contributed by atoms with Gasteiger partial charge in [-0.2, -0.15) is 0 Å². The normalized spacial score (nSPS) is 17.8. The first-order valence-electron chi connectivity index (χ1n) is 8.57. The maximum atomic E-state index is 3.91. The van der Waals surface area contributed by atoms with Crippen molar-refractivity contribution < 1.29 is 0 Å². The Morgan fingerprint density at radius 1 is 1.10 bits per heavy atom. The van der Waals surface area contributed by atoms with E-state index < -0.39 is 0 Å². The lowest BCUT2D eigenvalue weighted by atomic mass is 9.62. The van der Waals surface area contributed by atoms with Crippen LogP contribution < -0.4 is 5.32 Å². The molecule has 1 aliphatic carbocycles. The van der Waals surface area contributed by atoms with Crippen molar-refractivity contribution in [1.29, 1.82) is 0 Å². The molecule has 1 aromatic carbocycles. The lowest BCUT2D eigenvalue weighted by Crippen LogP contribution is -2.54. The molecule has 0 heterocycles. The third-order valence-corrected chi connectivity index (χ3v) is 5.44. The molecule has 0 radical (unpaired) electrons. The highest BCUT2D eigenvalue weighted by Gasteiger charge is 2.42. The van der Waals surface area contributed by atoms with Crippen LogP contribution in [0.4, 0.5) is 0 Å². The van der Waals surface area contributed by atoms with E-state index in [4.69, 9.17) is 0 Å². The Balaban J connectivity index is 2.31. The molecule has 20 heavy (non-hydrogen) atoms. The Labute approximate surface area is 125 Å². The standard InChI is InChI=1S/C19H31N/c1-4-15-20-18(16-11-10-12-16)19(5-2,6-3)17-13-8-7-9-14-17/h7-9,13-14,16,18,20H,4-6,10-12,15H2,1-3H3. The van der Waals surface area contributed by atoms with Gasteiger partial charge in [-0.05, 0) is 50.1 Å². The molecule has 1 aliphatic rings. The van der Waals surface area contributed by atoms with Gasteiger partial charge in [0.1, 0.15) is 0 Å². The quantitative estimate of drug-likeness (QED) is 0.709. The van der Waals surface area contributed by atoms with E-state index in [1.54, 1.807) is 0 Å². The van der Waals surface area contributed by atoms with Crippen molar-refractivity contribution in [3.63, 3.8) is 0 Å². The van der Waals surface area contributed by atoms with Crippen molar-refractivity contribution >= 4 is 0 Å². The van der Waals surface area contributed by atoms with Crippen LogP contribution in [-0.4, -0.2) is 12.6 Å². The van der Waals surface area contributed by atoms with Crippen LogP contribution in [0.3, 0.4) is 0 Å². The van der Waals surface area contributed by atoms with Gasteiger partial charge in [0.05, 0.1) is 0 Å². The summed E-state index contributed by atoms with van der Waals surface area (Å²) in [6.07, 6.45) is 7.93. The maximum absolute atomic E-state index is 3.91. The zero-order chi connectivity index (χ0) is 14.4. The Bertz CT molecular complexity index is 376. The summed E-state index contributed by atoms with van der Waals surface area (Å²) in [6.45, 7) is 8.16. The van der Waals surface area contributed by atoms with Crippen LogP contribution in [0, 0.1) is 5.92 Å². The molecule has 1 fully saturated rings. The smallest absolute Gasteiger partial charge is 0.0192 e. The topological polar surface area (TPSA) is 12.0 Å². The molecular weight excluding hydrogens is 242 g/mol. The van der Waals surface area contributed by atoms with E-state index in [1.807, 2.05) is 0 Å². The van der Waals surface area contributed by atoms with E-state index >= 15 is 0 Å². The average Bonchev–Trinajstić information content (AvgIpc) is 2.45. The SMILES string of the molecule is CCCNC(C1CCC1)C(CC)(CC)c1ccccc1. The predicted molar refractivity (Wildman–Crippen MR) is 88.1 cm³/mol. The van der Waals surface area contributed by atoms with E-state index in [0.29, 0.717) is 11.5 Å². The Morgan fingerprint density at radius 3 is 2.20 bits per heavy atom. The van der Waals surface area contributed by atoms with Crippen molar-refractivity contribution in [2.75, 3.05) is 6.54 Å². The Hall–Kier alpha value is -0.820. The monoisotopic (exact) mass is 273 g/mol. The average molecular weight is 273 g/mol. The zero-order valence-corrected chi connectivity index (χ0v) is 13.5. The molecular formula is C19H31N. The largest absolute Gasteiger partial charge is 0.313 e. The second-order valence-corrected chi connectivity index (χ2v) is 6.35. The van der Waals surface area contributed by atoms with Gasteiger partial charge in [-0.3, -0.25) is 0 Å². The molecule has 0 spiro atoms. The Morgan fingerprint density at radius 2 is 1.75 bits per heavy atom. The summed E-state index contributed by atoms with van der Waals surface area (Å²) in [5, 5.41) is 3.91. The van der Waals surface area contributed by atoms with Gasteiger partial charge >= 0.3 is 0 Å². The molecule has 1 atom stereocenters. The van der Waals surface area contributed by atoms with Crippen LogP contribution >= 0.6 is 0 Å². The summed E-state index contributed by atoms with van der Waals surface area (Å²) >= 11 is 0. The van der Waals surface area contributed by atoms with Gasteiger partial charge in [0.2, 0.25) is 0 Å². The van der Waals surface area contributed by atoms with Crippen LogP contribution in [0.25, 0.3) is 0 Å². The summed E-state index contributed by atoms with van der Waals surface area (Å²) in [7, 11) is 0. The number of hydrogen-bond acceptors (Lipinski definition) is 1. The van der Waals surface area contributed by atoms with Gasteiger partial charge in [0, 0.05) is 11.5 Å². The summed E-state index contributed by atoms with van der Waals surface area (Å²) in [4.78, 5) is 0. The molecule has 0 aliphatic heterocycles. The summed E-state index contributed by atoms with van der Waals surface area (Å²) < 4.78 is 0. The highest BCUT2D eigenvalue weighted by molar-refractivity contribution is 5.28. The minimum absolute atomic E-state index is 0.307. The number of nitrogens with one attached hydrogen (secondary N) is 1. The van der Waals surface area contributed by atoms with E-state index in [1.165, 1.54) is 44.1 Å². The number of hydrogen-bond donors (Lipinski definition) is 1. The maximum Gasteiger partial charge on any atom is 0.0192 e. The number of rotatable bonds is 8.